The van der Waals surface area contributed by atoms with Gasteiger partial charge in [0.15, 0.2) is 0 Å². The first-order chi connectivity index (χ1) is 20.1. The number of methoxy groups -OCH3 is 2. The predicted octanol–water partition coefficient (Wildman–Crippen LogP) is 7.10. The molecule has 4 nitrogen and oxygen atoms in total. The molecule has 5 aromatic carbocycles. The van der Waals surface area contributed by atoms with Gasteiger partial charge in [0.1, 0.15) is 17.1 Å². The summed E-state index contributed by atoms with van der Waals surface area (Å²) in [5, 5.41) is 9.28. The van der Waals surface area contributed by atoms with E-state index in [0.717, 1.165) is 50.4 Å². The molecule has 0 saturated heterocycles. The van der Waals surface area contributed by atoms with Crippen LogP contribution < -0.4 is 9.47 Å². The van der Waals surface area contributed by atoms with Crippen molar-refractivity contribution < 1.29 is 19.3 Å². The van der Waals surface area contributed by atoms with Gasteiger partial charge < -0.3 is 19.3 Å². The summed E-state index contributed by atoms with van der Waals surface area (Å²) in [6.45, 7) is 0.376. The van der Waals surface area contributed by atoms with Crippen molar-refractivity contribution in [3.05, 3.63) is 166 Å². The van der Waals surface area contributed by atoms with Crippen LogP contribution in [0.5, 0.6) is 11.5 Å². The minimum Gasteiger partial charge on any atom is -0.497 e. The van der Waals surface area contributed by atoms with Gasteiger partial charge in [-0.2, -0.15) is 0 Å². The van der Waals surface area contributed by atoms with E-state index in [4.69, 9.17) is 14.2 Å². The molecule has 0 bridgehead atoms. The third-order valence-corrected chi connectivity index (χ3v) is 7.04. The second kappa shape index (κ2) is 13.0. The Bertz CT molecular complexity index is 1560. The topological polar surface area (TPSA) is 47.9 Å². The fraction of sp³-hybridized carbons (Fsp3) is 0.135. The fourth-order valence-electron chi connectivity index (χ4n) is 4.84. The maximum atomic E-state index is 9.28. The van der Waals surface area contributed by atoms with E-state index in [9.17, 15) is 5.11 Å². The van der Waals surface area contributed by atoms with Crippen LogP contribution in [0.3, 0.4) is 0 Å². The first kappa shape index (κ1) is 27.7. The Morgan fingerprint density at radius 1 is 0.561 bits per heavy atom. The number of hydrogen-bond acceptors (Lipinski definition) is 4. The van der Waals surface area contributed by atoms with E-state index in [1.165, 1.54) is 0 Å². The molecule has 1 N–H and O–H groups in total. The summed E-state index contributed by atoms with van der Waals surface area (Å²) in [5.74, 6) is 8.04. The van der Waals surface area contributed by atoms with Gasteiger partial charge in [0, 0.05) is 11.1 Å². The van der Waals surface area contributed by atoms with Crippen molar-refractivity contribution in [1.82, 2.24) is 0 Å². The van der Waals surface area contributed by atoms with E-state index in [1.54, 1.807) is 14.2 Å². The maximum absolute atomic E-state index is 9.28. The molecule has 0 atom stereocenters. The molecule has 0 aromatic heterocycles. The first-order valence-electron chi connectivity index (χ1n) is 13.4. The van der Waals surface area contributed by atoms with Gasteiger partial charge in [0.25, 0.3) is 0 Å². The van der Waals surface area contributed by atoms with Gasteiger partial charge in [0.05, 0.1) is 27.4 Å². The highest BCUT2D eigenvalue weighted by Crippen LogP contribution is 2.42. The minimum atomic E-state index is -0.893. The first-order valence-corrected chi connectivity index (χ1v) is 13.4. The summed E-state index contributed by atoms with van der Waals surface area (Å²) >= 11 is 0. The molecule has 0 amide bonds. The number of benzene rings is 5. The van der Waals surface area contributed by atoms with Crippen LogP contribution in [0.2, 0.25) is 0 Å². The summed E-state index contributed by atoms with van der Waals surface area (Å²) in [6.07, 6.45) is 0. The molecule has 5 aromatic rings. The van der Waals surface area contributed by atoms with Gasteiger partial charge in [-0.3, -0.25) is 0 Å². The van der Waals surface area contributed by atoms with E-state index in [-0.39, 0.29) is 6.61 Å². The van der Waals surface area contributed by atoms with Crippen LogP contribution in [0, 0.1) is 11.8 Å². The Balaban J connectivity index is 1.53. The van der Waals surface area contributed by atoms with Gasteiger partial charge in [-0.25, -0.2) is 0 Å². The largest absolute Gasteiger partial charge is 0.497 e. The summed E-state index contributed by atoms with van der Waals surface area (Å²) < 4.78 is 17.9. The standard InChI is InChI=1S/C37H32O4/c1-39-35-21-17-33(18-22-35)37(32-9-4-3-5-10-32,34-19-23-36(40-2)24-20-34)41-27-31-8-6-7-29(25-31)14-11-28-12-15-30(26-38)16-13-28/h3-10,12-13,15-25,38H,26-27H2,1-2H3. The molecule has 0 spiro atoms. The van der Waals surface area contributed by atoms with Crippen molar-refractivity contribution in [3.8, 4) is 23.3 Å². The number of hydrogen-bond donors (Lipinski definition) is 1. The van der Waals surface area contributed by atoms with Crippen molar-refractivity contribution in [2.24, 2.45) is 0 Å². The molecule has 204 valence electrons. The van der Waals surface area contributed by atoms with Crippen LogP contribution in [-0.2, 0) is 23.6 Å². The Kier molecular flexibility index (Phi) is 8.81. The van der Waals surface area contributed by atoms with Crippen molar-refractivity contribution in [2.75, 3.05) is 14.2 Å². The lowest BCUT2D eigenvalue weighted by molar-refractivity contribution is 0.000186. The number of ether oxygens (including phenoxy) is 3. The van der Waals surface area contributed by atoms with Crippen LogP contribution in [0.15, 0.2) is 127 Å². The average Bonchev–Trinajstić information content (AvgIpc) is 3.05. The van der Waals surface area contributed by atoms with E-state index < -0.39 is 5.60 Å². The van der Waals surface area contributed by atoms with Crippen LogP contribution in [0.25, 0.3) is 0 Å². The number of rotatable bonds is 9. The average molecular weight is 541 g/mol. The second-order valence-corrected chi connectivity index (χ2v) is 9.60. The molecule has 0 aliphatic heterocycles. The summed E-state index contributed by atoms with van der Waals surface area (Å²) in [6, 6.07) is 42.1. The molecule has 0 unspecified atom stereocenters. The quantitative estimate of drug-likeness (QED) is 0.160. The van der Waals surface area contributed by atoms with E-state index >= 15 is 0 Å². The summed E-state index contributed by atoms with van der Waals surface area (Å²) in [4.78, 5) is 0. The number of aliphatic hydroxyl groups excluding tert-OH is 1. The lowest BCUT2D eigenvalue weighted by atomic mass is 9.80. The van der Waals surface area contributed by atoms with Crippen LogP contribution in [0.1, 0.15) is 38.9 Å². The normalized spacial score (nSPS) is 10.9. The Morgan fingerprint density at radius 3 is 1.68 bits per heavy atom. The molecular formula is C37H32O4. The lowest BCUT2D eigenvalue weighted by Gasteiger charge is -2.36. The maximum Gasteiger partial charge on any atom is 0.144 e. The highest BCUT2D eigenvalue weighted by molar-refractivity contribution is 5.50. The van der Waals surface area contributed by atoms with Gasteiger partial charge >= 0.3 is 0 Å². The third-order valence-electron chi connectivity index (χ3n) is 7.04. The Hall–Kier alpha value is -4.82. The molecule has 5 rings (SSSR count). The molecule has 41 heavy (non-hydrogen) atoms. The molecule has 0 heterocycles. The highest BCUT2D eigenvalue weighted by atomic mass is 16.5. The monoisotopic (exact) mass is 540 g/mol. The van der Waals surface area contributed by atoms with Crippen LogP contribution >= 0.6 is 0 Å². The van der Waals surface area contributed by atoms with Gasteiger partial charge in [-0.15, -0.1) is 0 Å². The highest BCUT2D eigenvalue weighted by Gasteiger charge is 2.38. The zero-order valence-corrected chi connectivity index (χ0v) is 23.2. The molecule has 0 aliphatic rings. The Morgan fingerprint density at radius 2 is 1.12 bits per heavy atom. The third kappa shape index (κ3) is 6.34. The smallest absolute Gasteiger partial charge is 0.144 e. The van der Waals surface area contributed by atoms with E-state index in [2.05, 4.69) is 60.4 Å². The molecular weight excluding hydrogens is 508 g/mol. The molecule has 4 heteroatoms. The SMILES string of the molecule is COc1ccc(C(OCc2cccc(C#Cc3ccc(CO)cc3)c2)(c2ccccc2)c2ccc(OC)cc2)cc1. The van der Waals surface area contributed by atoms with E-state index in [0.29, 0.717) is 6.61 Å². The zero-order valence-electron chi connectivity index (χ0n) is 23.2. The molecule has 0 radical (unpaired) electrons. The molecule has 0 aliphatic carbocycles. The molecule has 0 saturated carbocycles. The van der Waals surface area contributed by atoms with Crippen molar-refractivity contribution in [3.63, 3.8) is 0 Å². The second-order valence-electron chi connectivity index (χ2n) is 9.60. The number of aliphatic hydroxyl groups is 1. The zero-order chi connectivity index (χ0) is 28.5. The van der Waals surface area contributed by atoms with Crippen molar-refractivity contribution in [1.29, 1.82) is 0 Å². The lowest BCUT2D eigenvalue weighted by Crippen LogP contribution is -2.32. The van der Waals surface area contributed by atoms with Crippen molar-refractivity contribution >= 4 is 0 Å². The minimum absolute atomic E-state index is 0.0211. The van der Waals surface area contributed by atoms with Gasteiger partial charge in [-0.05, 0) is 76.3 Å². The summed E-state index contributed by atoms with van der Waals surface area (Å²) in [5.41, 5.74) is 5.75. The van der Waals surface area contributed by atoms with Crippen LogP contribution in [-0.4, -0.2) is 19.3 Å². The van der Waals surface area contributed by atoms with E-state index in [1.807, 2.05) is 78.9 Å². The predicted molar refractivity (Wildman–Crippen MR) is 162 cm³/mol. The Labute approximate surface area is 241 Å². The van der Waals surface area contributed by atoms with Crippen LogP contribution in [0.4, 0.5) is 0 Å². The van der Waals surface area contributed by atoms with Gasteiger partial charge in [0.2, 0.25) is 0 Å². The van der Waals surface area contributed by atoms with Gasteiger partial charge in [-0.1, -0.05) is 90.7 Å². The summed E-state index contributed by atoms with van der Waals surface area (Å²) in [7, 11) is 3.33. The fourth-order valence-corrected chi connectivity index (χ4v) is 4.84. The van der Waals surface area contributed by atoms with Crippen molar-refractivity contribution in [2.45, 2.75) is 18.8 Å². The molecule has 0 fully saturated rings.